The number of hydrogen-bond donors (Lipinski definition) is 1. The molecule has 1 saturated carbocycles. The molecule has 1 unspecified atom stereocenters. The molecule has 11 heavy (non-hydrogen) atoms. The van der Waals surface area contributed by atoms with Crippen LogP contribution in [-0.2, 0) is 0 Å². The zero-order valence-corrected chi connectivity index (χ0v) is 7.93. The molecule has 0 saturated heterocycles. The molecule has 0 aromatic heterocycles. The van der Waals surface area contributed by atoms with Crippen LogP contribution in [0.3, 0.4) is 0 Å². The molecule has 1 fully saturated rings. The van der Waals surface area contributed by atoms with Gasteiger partial charge in [-0.1, -0.05) is 6.42 Å². The fraction of sp³-hybridized carbons (Fsp3) is 1.00. The van der Waals surface area contributed by atoms with Gasteiger partial charge in [-0.3, -0.25) is 0 Å². The van der Waals surface area contributed by atoms with Gasteiger partial charge in [0.25, 0.3) is 0 Å². The van der Waals surface area contributed by atoms with Gasteiger partial charge in [0.15, 0.2) is 0 Å². The van der Waals surface area contributed by atoms with E-state index in [1.807, 2.05) is 0 Å². The number of likely N-dealkylation sites (N-methyl/N-ethyl adjacent to an activating group) is 1. The van der Waals surface area contributed by atoms with Crippen LogP contribution in [0.4, 0.5) is 0 Å². The Morgan fingerprint density at radius 1 is 1.45 bits per heavy atom. The fourth-order valence-electron chi connectivity index (χ4n) is 1.74. The van der Waals surface area contributed by atoms with E-state index in [9.17, 15) is 0 Å². The summed E-state index contributed by atoms with van der Waals surface area (Å²) >= 11 is 0. The van der Waals surface area contributed by atoms with E-state index in [1.165, 1.54) is 19.3 Å². The smallest absolute Gasteiger partial charge is 0.0325 e. The first-order chi connectivity index (χ1) is 5.11. The molecular weight excluding hydrogens is 136 g/mol. The van der Waals surface area contributed by atoms with Crippen molar-refractivity contribution in [1.82, 2.24) is 4.90 Å². The number of nitrogens with zero attached hydrogens (tertiary/aromatic N) is 1. The topological polar surface area (TPSA) is 29.3 Å². The molecule has 0 bridgehead atoms. The van der Waals surface area contributed by atoms with Crippen molar-refractivity contribution in [3.63, 3.8) is 0 Å². The van der Waals surface area contributed by atoms with E-state index in [0.29, 0.717) is 0 Å². The van der Waals surface area contributed by atoms with E-state index in [0.717, 1.165) is 12.5 Å². The zero-order valence-electron chi connectivity index (χ0n) is 7.93. The Bertz CT molecular complexity index is 130. The maximum Gasteiger partial charge on any atom is 0.0325 e. The van der Waals surface area contributed by atoms with Crippen LogP contribution in [0.15, 0.2) is 0 Å². The Labute approximate surface area is 69.8 Å². The molecule has 0 aromatic rings. The van der Waals surface area contributed by atoms with E-state index in [2.05, 4.69) is 25.9 Å². The van der Waals surface area contributed by atoms with Gasteiger partial charge in [-0.25, -0.2) is 0 Å². The van der Waals surface area contributed by atoms with Gasteiger partial charge in [0.2, 0.25) is 0 Å². The first-order valence-electron chi connectivity index (χ1n) is 4.49. The van der Waals surface area contributed by atoms with Gasteiger partial charge >= 0.3 is 0 Å². The van der Waals surface area contributed by atoms with E-state index >= 15 is 0 Å². The monoisotopic (exact) mass is 156 g/mol. The molecule has 0 radical (unpaired) electrons. The van der Waals surface area contributed by atoms with Crippen LogP contribution in [-0.4, -0.2) is 31.1 Å². The summed E-state index contributed by atoms with van der Waals surface area (Å²) in [5, 5.41) is 0. The van der Waals surface area contributed by atoms with Gasteiger partial charge in [0.1, 0.15) is 0 Å². The maximum atomic E-state index is 5.78. The summed E-state index contributed by atoms with van der Waals surface area (Å²) in [5.41, 5.74) is 6.02. The van der Waals surface area contributed by atoms with Crippen molar-refractivity contribution >= 4 is 0 Å². The third-order valence-corrected chi connectivity index (χ3v) is 3.42. The van der Waals surface area contributed by atoms with Crippen LogP contribution in [0.1, 0.15) is 26.2 Å². The second-order valence-electron chi connectivity index (χ2n) is 4.08. The average Bonchev–Trinajstić information content (AvgIpc) is 1.83. The van der Waals surface area contributed by atoms with Crippen molar-refractivity contribution in [2.24, 2.45) is 11.7 Å². The molecular formula is C9H20N2. The summed E-state index contributed by atoms with van der Waals surface area (Å²) in [5.74, 6) is 0.836. The highest BCUT2D eigenvalue weighted by Gasteiger charge is 2.38. The molecule has 0 heterocycles. The van der Waals surface area contributed by atoms with Crippen molar-refractivity contribution in [3.8, 4) is 0 Å². The lowest BCUT2D eigenvalue weighted by Crippen LogP contribution is -2.55. The minimum absolute atomic E-state index is 0.248. The van der Waals surface area contributed by atoms with E-state index < -0.39 is 0 Å². The van der Waals surface area contributed by atoms with E-state index in [1.54, 1.807) is 0 Å². The summed E-state index contributed by atoms with van der Waals surface area (Å²) in [4.78, 5) is 2.27. The molecule has 1 aliphatic carbocycles. The summed E-state index contributed by atoms with van der Waals surface area (Å²) in [6.45, 7) is 3.06. The van der Waals surface area contributed by atoms with Crippen LogP contribution < -0.4 is 5.73 Å². The van der Waals surface area contributed by atoms with Crippen LogP contribution in [0.2, 0.25) is 0 Å². The molecule has 0 aliphatic heterocycles. The lowest BCUT2D eigenvalue weighted by atomic mass is 9.71. The summed E-state index contributed by atoms with van der Waals surface area (Å²) in [7, 11) is 4.26. The predicted octanol–water partition coefficient (Wildman–Crippen LogP) is 1.07. The van der Waals surface area contributed by atoms with Gasteiger partial charge in [0, 0.05) is 12.1 Å². The Morgan fingerprint density at radius 3 is 2.09 bits per heavy atom. The van der Waals surface area contributed by atoms with Gasteiger partial charge in [-0.2, -0.15) is 0 Å². The molecule has 2 nitrogen and oxygen atoms in total. The molecule has 66 valence electrons. The molecule has 0 amide bonds. The Hall–Kier alpha value is -0.0800. The van der Waals surface area contributed by atoms with Crippen molar-refractivity contribution in [3.05, 3.63) is 0 Å². The maximum absolute atomic E-state index is 5.78. The highest BCUT2D eigenvalue weighted by molar-refractivity contribution is 4.94. The van der Waals surface area contributed by atoms with Gasteiger partial charge in [0.05, 0.1) is 0 Å². The first-order valence-corrected chi connectivity index (χ1v) is 4.49. The lowest BCUT2D eigenvalue weighted by molar-refractivity contribution is 0.0551. The van der Waals surface area contributed by atoms with E-state index in [4.69, 9.17) is 5.73 Å². The fourth-order valence-corrected chi connectivity index (χ4v) is 1.74. The molecule has 1 aliphatic rings. The predicted molar refractivity (Wildman–Crippen MR) is 48.5 cm³/mol. The normalized spacial score (nSPS) is 24.8. The number of rotatable bonds is 3. The molecule has 2 N–H and O–H groups in total. The van der Waals surface area contributed by atoms with E-state index in [-0.39, 0.29) is 5.54 Å². The Morgan fingerprint density at radius 2 is 2.00 bits per heavy atom. The first kappa shape index (κ1) is 9.01. The average molecular weight is 156 g/mol. The third kappa shape index (κ3) is 1.42. The highest BCUT2D eigenvalue weighted by Crippen LogP contribution is 2.37. The largest absolute Gasteiger partial charge is 0.329 e. The van der Waals surface area contributed by atoms with Crippen molar-refractivity contribution in [2.45, 2.75) is 31.7 Å². The van der Waals surface area contributed by atoms with Crippen LogP contribution in [0.5, 0.6) is 0 Å². The van der Waals surface area contributed by atoms with Crippen molar-refractivity contribution in [2.75, 3.05) is 20.6 Å². The Kier molecular flexibility index (Phi) is 2.55. The second kappa shape index (κ2) is 3.11. The highest BCUT2D eigenvalue weighted by atomic mass is 15.2. The number of hydrogen-bond acceptors (Lipinski definition) is 2. The molecule has 0 spiro atoms. The zero-order chi connectivity index (χ0) is 8.48. The van der Waals surface area contributed by atoms with Crippen molar-refractivity contribution < 1.29 is 0 Å². The van der Waals surface area contributed by atoms with Crippen LogP contribution in [0, 0.1) is 5.92 Å². The lowest BCUT2D eigenvalue weighted by Gasteiger charge is -2.46. The molecule has 0 aromatic carbocycles. The SMILES string of the molecule is CN(C)C(C)(CN)C1CCC1. The van der Waals surface area contributed by atoms with Gasteiger partial charge < -0.3 is 10.6 Å². The Balaban J connectivity index is 2.57. The quantitative estimate of drug-likeness (QED) is 0.662. The summed E-state index contributed by atoms with van der Waals surface area (Å²) in [6, 6.07) is 0. The second-order valence-corrected chi connectivity index (χ2v) is 4.08. The van der Waals surface area contributed by atoms with Gasteiger partial charge in [-0.05, 0) is 39.8 Å². The summed E-state index contributed by atoms with van der Waals surface area (Å²) < 4.78 is 0. The molecule has 2 heteroatoms. The van der Waals surface area contributed by atoms with Crippen molar-refractivity contribution in [1.29, 1.82) is 0 Å². The minimum atomic E-state index is 0.248. The molecule has 1 atom stereocenters. The third-order valence-electron chi connectivity index (χ3n) is 3.42. The van der Waals surface area contributed by atoms with Gasteiger partial charge in [-0.15, -0.1) is 0 Å². The number of nitrogens with two attached hydrogens (primary N) is 1. The van der Waals surface area contributed by atoms with Crippen LogP contribution >= 0.6 is 0 Å². The molecule has 1 rings (SSSR count). The minimum Gasteiger partial charge on any atom is -0.329 e. The van der Waals surface area contributed by atoms with Crippen LogP contribution in [0.25, 0.3) is 0 Å². The standard InChI is InChI=1S/C9H20N2/c1-9(7-10,11(2)3)8-5-4-6-8/h8H,4-7,10H2,1-3H3. The summed E-state index contributed by atoms with van der Waals surface area (Å²) in [6.07, 6.45) is 4.13.